The van der Waals surface area contributed by atoms with Crippen molar-refractivity contribution in [2.45, 2.75) is 13.0 Å². The zero-order chi connectivity index (χ0) is 13.2. The largest absolute Gasteiger partial charge is 0.463 e. The van der Waals surface area contributed by atoms with Crippen LogP contribution in [0.15, 0.2) is 28.6 Å². The first-order chi connectivity index (χ1) is 8.53. The van der Waals surface area contributed by atoms with Crippen molar-refractivity contribution in [3.05, 3.63) is 34.2 Å². The fraction of sp³-hybridized carbons (Fsp3) is 0.300. The Morgan fingerprint density at radius 3 is 2.94 bits per heavy atom. The van der Waals surface area contributed by atoms with Crippen molar-refractivity contribution in [3.8, 4) is 0 Å². The molecule has 18 heavy (non-hydrogen) atoms. The Morgan fingerprint density at radius 2 is 2.33 bits per heavy atom. The number of thiophene rings is 1. The number of nitrogens with one attached hydrogen (secondary N) is 2. The summed E-state index contributed by atoms with van der Waals surface area (Å²) in [5.41, 5.74) is 0.953. The second-order valence-electron chi connectivity index (χ2n) is 3.55. The van der Waals surface area contributed by atoms with Gasteiger partial charge >= 0.3 is 5.97 Å². The van der Waals surface area contributed by atoms with Gasteiger partial charge in [0.1, 0.15) is 0 Å². The van der Waals surface area contributed by atoms with E-state index in [1.807, 2.05) is 5.38 Å². The van der Waals surface area contributed by atoms with Gasteiger partial charge in [0.2, 0.25) is 0 Å². The van der Waals surface area contributed by atoms with Gasteiger partial charge in [0.15, 0.2) is 0 Å². The molecule has 2 N–H and O–H groups in total. The minimum atomic E-state index is -3.62. The summed E-state index contributed by atoms with van der Waals surface area (Å²) in [5, 5.41) is 3.60. The van der Waals surface area contributed by atoms with Crippen LogP contribution >= 0.6 is 11.3 Å². The molecule has 2 rings (SSSR count). The standard InChI is InChI=1S/C10H12N2O4S2/c1-2-16-10(13)8-5-11-18(14,15)12-9(8)7-3-4-17-6-7/h3-6,9,11-12H,2H2,1H3. The van der Waals surface area contributed by atoms with Gasteiger partial charge in [-0.25, -0.2) is 4.79 Å². The SMILES string of the molecule is CCOC(=O)C1=CNS(=O)(=O)NC1c1ccsc1. The van der Waals surface area contributed by atoms with Gasteiger partial charge in [0.05, 0.1) is 18.2 Å². The highest BCUT2D eigenvalue weighted by atomic mass is 32.2. The van der Waals surface area contributed by atoms with Gasteiger partial charge in [-0.3, -0.25) is 4.72 Å². The molecule has 8 heteroatoms. The van der Waals surface area contributed by atoms with Crippen LogP contribution in [-0.2, 0) is 19.7 Å². The Labute approximate surface area is 109 Å². The molecule has 0 bridgehead atoms. The molecule has 2 heterocycles. The van der Waals surface area contributed by atoms with Crippen LogP contribution in [0.2, 0.25) is 0 Å². The van der Waals surface area contributed by atoms with E-state index in [0.29, 0.717) is 5.56 Å². The van der Waals surface area contributed by atoms with Crippen LogP contribution in [0.4, 0.5) is 0 Å². The lowest BCUT2D eigenvalue weighted by Gasteiger charge is -2.24. The summed E-state index contributed by atoms with van der Waals surface area (Å²) >= 11 is 1.43. The summed E-state index contributed by atoms with van der Waals surface area (Å²) < 4.78 is 32.4. The highest BCUT2D eigenvalue weighted by molar-refractivity contribution is 7.87. The predicted octanol–water partition coefficient (Wildman–Crippen LogP) is 0.674. The smallest absolute Gasteiger partial charge is 0.337 e. The molecule has 1 atom stereocenters. The lowest BCUT2D eigenvalue weighted by Crippen LogP contribution is -2.43. The first kappa shape index (κ1) is 13.1. The summed E-state index contributed by atoms with van der Waals surface area (Å²) in [6, 6.07) is 1.05. The van der Waals surface area contributed by atoms with Crippen molar-refractivity contribution >= 4 is 27.5 Å². The molecule has 1 aromatic rings. The number of hydrogen-bond acceptors (Lipinski definition) is 5. The Morgan fingerprint density at radius 1 is 1.56 bits per heavy atom. The molecule has 6 nitrogen and oxygen atoms in total. The van der Waals surface area contributed by atoms with Gasteiger partial charge in [-0.2, -0.15) is 24.5 Å². The summed E-state index contributed by atoms with van der Waals surface area (Å²) in [7, 11) is -3.62. The van der Waals surface area contributed by atoms with Crippen LogP contribution in [0.25, 0.3) is 0 Å². The highest BCUT2D eigenvalue weighted by Gasteiger charge is 2.31. The minimum Gasteiger partial charge on any atom is -0.463 e. The molecule has 0 saturated heterocycles. The maximum Gasteiger partial charge on any atom is 0.337 e. The first-order valence-electron chi connectivity index (χ1n) is 5.22. The molecular formula is C10H12N2O4S2. The van der Waals surface area contributed by atoms with Crippen LogP contribution in [0.5, 0.6) is 0 Å². The van der Waals surface area contributed by atoms with Crippen molar-refractivity contribution < 1.29 is 17.9 Å². The summed E-state index contributed by atoms with van der Waals surface area (Å²) in [6.45, 7) is 1.93. The molecule has 0 amide bonds. The van der Waals surface area contributed by atoms with Crippen molar-refractivity contribution in [2.24, 2.45) is 0 Å². The second-order valence-corrected chi connectivity index (χ2v) is 5.81. The normalized spacial score (nSPS) is 21.8. The lowest BCUT2D eigenvalue weighted by atomic mass is 10.0. The number of esters is 1. The molecule has 0 aromatic carbocycles. The summed E-state index contributed by atoms with van der Waals surface area (Å²) in [6.07, 6.45) is 1.17. The Balaban J connectivity index is 2.36. The maximum atomic E-state index is 11.8. The molecule has 98 valence electrons. The molecule has 0 spiro atoms. The van der Waals surface area contributed by atoms with E-state index in [1.54, 1.807) is 18.4 Å². The van der Waals surface area contributed by atoms with Crippen molar-refractivity contribution in [1.82, 2.24) is 9.44 Å². The zero-order valence-electron chi connectivity index (χ0n) is 9.54. The first-order valence-corrected chi connectivity index (χ1v) is 7.65. The molecule has 0 aliphatic carbocycles. The molecule has 0 radical (unpaired) electrons. The Hall–Kier alpha value is -1.38. The van der Waals surface area contributed by atoms with E-state index in [0.717, 1.165) is 0 Å². The number of carbonyl (C=O) groups excluding carboxylic acids is 1. The molecule has 1 aliphatic rings. The monoisotopic (exact) mass is 288 g/mol. The van der Waals surface area contributed by atoms with Crippen LogP contribution in [0, 0.1) is 0 Å². The van der Waals surface area contributed by atoms with Gasteiger partial charge in [-0.15, -0.1) is 0 Å². The fourth-order valence-electron chi connectivity index (χ4n) is 1.56. The number of carbonyl (C=O) groups is 1. The van der Waals surface area contributed by atoms with E-state index in [2.05, 4.69) is 9.44 Å². The quantitative estimate of drug-likeness (QED) is 0.801. The number of ether oxygens (including phenoxy) is 1. The Kier molecular flexibility index (Phi) is 3.69. The van der Waals surface area contributed by atoms with E-state index in [4.69, 9.17) is 4.74 Å². The molecule has 0 saturated carbocycles. The van der Waals surface area contributed by atoms with E-state index < -0.39 is 22.2 Å². The topological polar surface area (TPSA) is 84.5 Å². The van der Waals surface area contributed by atoms with Crippen molar-refractivity contribution in [2.75, 3.05) is 6.61 Å². The second kappa shape index (κ2) is 5.09. The fourth-order valence-corrected chi connectivity index (χ4v) is 3.16. The molecule has 0 fully saturated rings. The Bertz CT molecular complexity index is 563. The number of rotatable bonds is 3. The maximum absolute atomic E-state index is 11.8. The summed E-state index contributed by atoms with van der Waals surface area (Å²) in [5.74, 6) is -0.538. The van der Waals surface area contributed by atoms with E-state index in [9.17, 15) is 13.2 Å². The lowest BCUT2D eigenvalue weighted by molar-refractivity contribution is -0.138. The van der Waals surface area contributed by atoms with Gasteiger partial charge < -0.3 is 4.74 Å². The van der Waals surface area contributed by atoms with Gasteiger partial charge in [-0.1, -0.05) is 0 Å². The van der Waals surface area contributed by atoms with Crippen molar-refractivity contribution in [3.63, 3.8) is 0 Å². The number of hydrogen-bond donors (Lipinski definition) is 2. The molecule has 1 aromatic heterocycles. The van der Waals surface area contributed by atoms with Gasteiger partial charge in [-0.05, 0) is 29.3 Å². The summed E-state index contributed by atoms with van der Waals surface area (Å²) in [4.78, 5) is 11.8. The average Bonchev–Trinajstić information content (AvgIpc) is 2.81. The van der Waals surface area contributed by atoms with E-state index in [-0.39, 0.29) is 12.2 Å². The average molecular weight is 288 g/mol. The van der Waals surface area contributed by atoms with E-state index >= 15 is 0 Å². The highest BCUT2D eigenvalue weighted by Crippen LogP contribution is 2.27. The molecule has 1 aliphatic heterocycles. The van der Waals surface area contributed by atoms with Crippen LogP contribution in [0.1, 0.15) is 18.5 Å². The predicted molar refractivity (Wildman–Crippen MR) is 67.0 cm³/mol. The third-order valence-electron chi connectivity index (χ3n) is 2.34. The third kappa shape index (κ3) is 2.71. The van der Waals surface area contributed by atoms with Gasteiger partial charge in [0.25, 0.3) is 10.2 Å². The van der Waals surface area contributed by atoms with Crippen LogP contribution in [0.3, 0.4) is 0 Å². The van der Waals surface area contributed by atoms with Crippen molar-refractivity contribution in [1.29, 1.82) is 0 Å². The van der Waals surface area contributed by atoms with Gasteiger partial charge in [0, 0.05) is 6.20 Å². The van der Waals surface area contributed by atoms with Crippen LogP contribution < -0.4 is 9.44 Å². The zero-order valence-corrected chi connectivity index (χ0v) is 11.2. The molecule has 1 unspecified atom stereocenters. The van der Waals surface area contributed by atoms with E-state index in [1.165, 1.54) is 17.5 Å². The molecular weight excluding hydrogens is 276 g/mol. The third-order valence-corrected chi connectivity index (χ3v) is 4.02. The minimum absolute atomic E-state index is 0.235. The van der Waals surface area contributed by atoms with Crippen LogP contribution in [-0.4, -0.2) is 21.0 Å².